The SMILES string of the molecule is CCNCC(c1ccc(-c2ccccc2)cc1)N1C(=O)CSC1=O. The van der Waals surface area contributed by atoms with Crippen LogP contribution in [0.4, 0.5) is 4.79 Å². The maximum Gasteiger partial charge on any atom is 0.289 e. The third-order valence-corrected chi connectivity index (χ3v) is 4.92. The van der Waals surface area contributed by atoms with Crippen molar-refractivity contribution in [3.63, 3.8) is 0 Å². The monoisotopic (exact) mass is 340 g/mol. The highest BCUT2D eigenvalue weighted by Crippen LogP contribution is 2.31. The van der Waals surface area contributed by atoms with Gasteiger partial charge >= 0.3 is 0 Å². The van der Waals surface area contributed by atoms with Gasteiger partial charge in [0.2, 0.25) is 5.91 Å². The first-order valence-corrected chi connectivity index (χ1v) is 9.04. The van der Waals surface area contributed by atoms with E-state index in [0.29, 0.717) is 6.54 Å². The number of rotatable bonds is 6. The van der Waals surface area contributed by atoms with Crippen LogP contribution in [0.1, 0.15) is 18.5 Å². The van der Waals surface area contributed by atoms with Crippen molar-refractivity contribution >= 4 is 22.9 Å². The molecule has 3 rings (SSSR count). The van der Waals surface area contributed by atoms with E-state index in [4.69, 9.17) is 0 Å². The van der Waals surface area contributed by atoms with Crippen molar-refractivity contribution in [2.75, 3.05) is 18.8 Å². The van der Waals surface area contributed by atoms with Gasteiger partial charge in [0.25, 0.3) is 5.24 Å². The molecule has 24 heavy (non-hydrogen) atoms. The number of nitrogens with one attached hydrogen (secondary N) is 1. The van der Waals surface area contributed by atoms with Gasteiger partial charge in [0.15, 0.2) is 0 Å². The van der Waals surface area contributed by atoms with E-state index in [0.717, 1.165) is 35.0 Å². The number of carbonyl (C=O) groups excluding carboxylic acids is 2. The van der Waals surface area contributed by atoms with Crippen molar-refractivity contribution in [2.45, 2.75) is 13.0 Å². The smallest absolute Gasteiger partial charge is 0.289 e. The fourth-order valence-corrected chi connectivity index (χ4v) is 3.59. The summed E-state index contributed by atoms with van der Waals surface area (Å²) < 4.78 is 0. The lowest BCUT2D eigenvalue weighted by molar-refractivity contribution is -0.126. The van der Waals surface area contributed by atoms with E-state index in [9.17, 15) is 9.59 Å². The second-order valence-corrected chi connectivity index (χ2v) is 6.56. The number of nitrogens with zero attached hydrogens (tertiary/aromatic N) is 1. The maximum atomic E-state index is 12.1. The van der Waals surface area contributed by atoms with Gasteiger partial charge < -0.3 is 5.32 Å². The van der Waals surface area contributed by atoms with Gasteiger partial charge in [-0.2, -0.15) is 0 Å². The van der Waals surface area contributed by atoms with Crippen LogP contribution in [0.5, 0.6) is 0 Å². The van der Waals surface area contributed by atoms with Crippen LogP contribution in [0.3, 0.4) is 0 Å². The molecule has 1 atom stereocenters. The minimum absolute atomic E-state index is 0.111. The second kappa shape index (κ2) is 7.64. The topological polar surface area (TPSA) is 49.4 Å². The molecular formula is C19H20N2O2S. The van der Waals surface area contributed by atoms with Crippen LogP contribution in [0.25, 0.3) is 11.1 Å². The standard InChI is InChI=1S/C19H20N2O2S/c1-2-20-12-17(21-18(22)13-24-19(21)23)16-10-8-15(9-11-16)14-6-4-3-5-7-14/h3-11,17,20H,2,12-13H2,1H3. The minimum atomic E-state index is -0.259. The maximum absolute atomic E-state index is 12.1. The molecule has 1 aliphatic heterocycles. The Balaban J connectivity index is 1.87. The zero-order valence-corrected chi connectivity index (χ0v) is 14.4. The van der Waals surface area contributed by atoms with E-state index < -0.39 is 0 Å². The van der Waals surface area contributed by atoms with Crippen molar-refractivity contribution in [1.29, 1.82) is 0 Å². The number of imide groups is 1. The molecule has 1 saturated heterocycles. The molecule has 0 radical (unpaired) electrons. The number of thioether (sulfide) groups is 1. The minimum Gasteiger partial charge on any atom is -0.315 e. The summed E-state index contributed by atoms with van der Waals surface area (Å²) in [5.74, 6) is 0.129. The number of amides is 2. The average molecular weight is 340 g/mol. The molecule has 0 aromatic heterocycles. The Morgan fingerprint density at radius 2 is 1.71 bits per heavy atom. The summed E-state index contributed by atoms with van der Waals surface area (Å²) >= 11 is 1.08. The summed E-state index contributed by atoms with van der Waals surface area (Å²) in [6, 6.07) is 18.0. The lowest BCUT2D eigenvalue weighted by Crippen LogP contribution is -2.38. The molecular weight excluding hydrogens is 320 g/mol. The highest BCUT2D eigenvalue weighted by Gasteiger charge is 2.36. The Hall–Kier alpha value is -2.11. The summed E-state index contributed by atoms with van der Waals surface area (Å²) in [6.07, 6.45) is 0. The van der Waals surface area contributed by atoms with Crippen molar-refractivity contribution in [1.82, 2.24) is 10.2 Å². The normalized spacial score (nSPS) is 15.8. The van der Waals surface area contributed by atoms with Gasteiger partial charge in [-0.25, -0.2) is 0 Å². The predicted octanol–water partition coefficient (Wildman–Crippen LogP) is 3.70. The number of hydrogen-bond donors (Lipinski definition) is 1. The molecule has 0 spiro atoms. The van der Waals surface area contributed by atoms with E-state index in [1.54, 1.807) is 0 Å². The van der Waals surface area contributed by atoms with Gasteiger partial charge in [0, 0.05) is 6.54 Å². The van der Waals surface area contributed by atoms with Gasteiger partial charge in [-0.1, -0.05) is 73.3 Å². The van der Waals surface area contributed by atoms with Crippen molar-refractivity contribution in [3.8, 4) is 11.1 Å². The highest BCUT2D eigenvalue weighted by atomic mass is 32.2. The summed E-state index contributed by atoms with van der Waals surface area (Å²) in [5, 5.41) is 3.10. The van der Waals surface area contributed by atoms with Crippen molar-refractivity contribution in [3.05, 3.63) is 60.2 Å². The fraction of sp³-hybridized carbons (Fsp3) is 0.263. The largest absolute Gasteiger partial charge is 0.315 e. The second-order valence-electron chi connectivity index (χ2n) is 5.63. The molecule has 1 N–H and O–H groups in total. The first kappa shape index (κ1) is 16.7. The Kier molecular flexibility index (Phi) is 5.33. The predicted molar refractivity (Wildman–Crippen MR) is 97.9 cm³/mol. The first-order valence-electron chi connectivity index (χ1n) is 8.05. The molecule has 2 aromatic rings. The highest BCUT2D eigenvalue weighted by molar-refractivity contribution is 8.14. The van der Waals surface area contributed by atoms with Gasteiger partial charge in [0.1, 0.15) is 0 Å². The lowest BCUT2D eigenvalue weighted by Gasteiger charge is -2.26. The lowest BCUT2D eigenvalue weighted by atomic mass is 10.00. The summed E-state index contributed by atoms with van der Waals surface area (Å²) in [5.41, 5.74) is 3.24. The molecule has 124 valence electrons. The number of likely N-dealkylation sites (N-methyl/N-ethyl adjacent to an activating group) is 1. The Morgan fingerprint density at radius 1 is 1.04 bits per heavy atom. The van der Waals surface area contributed by atoms with Crippen LogP contribution in [-0.4, -0.2) is 34.9 Å². The molecule has 1 heterocycles. The van der Waals surface area contributed by atoms with Crippen LogP contribution >= 0.6 is 11.8 Å². The zero-order valence-electron chi connectivity index (χ0n) is 13.6. The van der Waals surface area contributed by atoms with Gasteiger partial charge in [0.05, 0.1) is 11.8 Å². The molecule has 0 saturated carbocycles. The van der Waals surface area contributed by atoms with E-state index >= 15 is 0 Å². The van der Waals surface area contributed by atoms with Gasteiger partial charge in [-0.05, 0) is 23.2 Å². The molecule has 4 nitrogen and oxygen atoms in total. The van der Waals surface area contributed by atoms with Crippen molar-refractivity contribution in [2.24, 2.45) is 0 Å². The fourth-order valence-electron chi connectivity index (χ4n) is 2.83. The zero-order chi connectivity index (χ0) is 16.9. The molecule has 0 bridgehead atoms. The molecule has 1 unspecified atom stereocenters. The molecule has 2 aromatic carbocycles. The Labute approximate surface area is 146 Å². The first-order chi connectivity index (χ1) is 11.7. The number of carbonyl (C=O) groups is 2. The van der Waals surface area contributed by atoms with Crippen LogP contribution in [0.15, 0.2) is 54.6 Å². The van der Waals surface area contributed by atoms with E-state index in [1.165, 1.54) is 4.90 Å². The molecule has 5 heteroatoms. The molecule has 2 amide bonds. The Morgan fingerprint density at radius 3 is 2.29 bits per heavy atom. The third-order valence-electron chi connectivity index (χ3n) is 4.09. The molecule has 1 fully saturated rings. The number of hydrogen-bond acceptors (Lipinski definition) is 4. The van der Waals surface area contributed by atoms with E-state index in [1.807, 2.05) is 49.4 Å². The van der Waals surface area contributed by atoms with Crippen LogP contribution in [-0.2, 0) is 4.79 Å². The van der Waals surface area contributed by atoms with E-state index in [2.05, 4.69) is 17.4 Å². The molecule has 0 aliphatic carbocycles. The van der Waals surface area contributed by atoms with Crippen molar-refractivity contribution < 1.29 is 9.59 Å². The summed E-state index contributed by atoms with van der Waals surface area (Å²) in [4.78, 5) is 25.6. The van der Waals surface area contributed by atoms with Crippen LogP contribution < -0.4 is 5.32 Å². The Bertz CT molecular complexity index is 700. The van der Waals surface area contributed by atoms with E-state index in [-0.39, 0.29) is 22.9 Å². The number of benzene rings is 2. The van der Waals surface area contributed by atoms with Crippen LogP contribution in [0, 0.1) is 0 Å². The molecule has 1 aliphatic rings. The summed E-state index contributed by atoms with van der Waals surface area (Å²) in [7, 11) is 0. The van der Waals surface area contributed by atoms with Crippen LogP contribution in [0.2, 0.25) is 0 Å². The third kappa shape index (κ3) is 3.52. The quantitative estimate of drug-likeness (QED) is 0.871. The summed E-state index contributed by atoms with van der Waals surface area (Å²) in [6.45, 7) is 3.37. The van der Waals surface area contributed by atoms with Gasteiger partial charge in [-0.15, -0.1) is 0 Å². The average Bonchev–Trinajstić information content (AvgIpc) is 2.96. The van der Waals surface area contributed by atoms with Gasteiger partial charge in [-0.3, -0.25) is 14.5 Å².